The molecule has 1 aromatic rings. The second-order valence-electron chi connectivity index (χ2n) is 4.74. The van der Waals surface area contributed by atoms with Crippen LogP contribution >= 0.6 is 22.9 Å². The van der Waals surface area contributed by atoms with Gasteiger partial charge < -0.3 is 10.6 Å². The van der Waals surface area contributed by atoms with Crippen molar-refractivity contribution in [1.29, 1.82) is 0 Å². The van der Waals surface area contributed by atoms with E-state index in [2.05, 4.69) is 0 Å². The van der Waals surface area contributed by atoms with Crippen molar-refractivity contribution in [3.8, 4) is 0 Å². The molecule has 112 valence electrons. The summed E-state index contributed by atoms with van der Waals surface area (Å²) in [6.45, 7) is 3.67. The fraction of sp³-hybridized carbons (Fsp3) is 0.545. The first-order valence-electron chi connectivity index (χ1n) is 6.22. The van der Waals surface area contributed by atoms with Crippen molar-refractivity contribution in [2.75, 3.05) is 26.2 Å². The first kappa shape index (κ1) is 15.7. The Hall–Kier alpha value is -0.670. The Bertz CT molecular complexity index is 594. The van der Waals surface area contributed by atoms with Gasteiger partial charge in [-0.25, -0.2) is 8.42 Å². The Morgan fingerprint density at radius 1 is 1.45 bits per heavy atom. The van der Waals surface area contributed by atoms with Crippen molar-refractivity contribution in [3.05, 3.63) is 16.5 Å². The lowest BCUT2D eigenvalue weighted by molar-refractivity contribution is -0.917. The molecule has 3 N–H and O–H groups in total. The quantitative estimate of drug-likeness (QED) is 0.751. The monoisotopic (exact) mass is 338 g/mol. The number of primary amides is 1. The zero-order chi connectivity index (χ0) is 14.9. The summed E-state index contributed by atoms with van der Waals surface area (Å²) in [6.07, 6.45) is 0. The molecule has 2 heterocycles. The number of nitrogens with zero attached hydrogens (tertiary/aromatic N) is 1. The Morgan fingerprint density at radius 2 is 2.05 bits per heavy atom. The summed E-state index contributed by atoms with van der Waals surface area (Å²) in [7, 11) is -3.47. The van der Waals surface area contributed by atoms with Crippen LogP contribution in [-0.4, -0.2) is 50.9 Å². The minimum absolute atomic E-state index is 0.258. The van der Waals surface area contributed by atoms with E-state index < -0.39 is 10.0 Å². The third kappa shape index (κ3) is 3.15. The molecule has 20 heavy (non-hydrogen) atoms. The van der Waals surface area contributed by atoms with Gasteiger partial charge >= 0.3 is 0 Å². The van der Waals surface area contributed by atoms with Crippen LogP contribution in [-0.2, 0) is 14.8 Å². The fourth-order valence-corrected chi connectivity index (χ4v) is 5.29. The maximum Gasteiger partial charge on any atom is 0.275 e. The molecule has 0 bridgehead atoms. The molecule has 1 atom stereocenters. The van der Waals surface area contributed by atoms with Gasteiger partial charge in [0.15, 0.2) is 6.04 Å². The van der Waals surface area contributed by atoms with Crippen LogP contribution in [0.2, 0.25) is 4.34 Å². The molecule has 1 saturated heterocycles. The molecule has 0 radical (unpaired) electrons. The van der Waals surface area contributed by atoms with E-state index in [9.17, 15) is 13.2 Å². The van der Waals surface area contributed by atoms with Crippen molar-refractivity contribution in [2.24, 2.45) is 5.73 Å². The molecule has 1 aliphatic rings. The summed E-state index contributed by atoms with van der Waals surface area (Å²) in [5.41, 5.74) is 5.28. The number of piperazine rings is 1. The molecule has 1 fully saturated rings. The SMILES string of the molecule is C[C@@H](C(N)=O)[NH+]1CCN(S(=O)(=O)c2ccc(Cl)s2)CC1. The number of carbonyl (C=O) groups is 1. The van der Waals surface area contributed by atoms with Crippen LogP contribution in [0.4, 0.5) is 0 Å². The third-order valence-corrected chi connectivity index (χ3v) is 7.14. The van der Waals surface area contributed by atoms with Gasteiger partial charge in [0, 0.05) is 0 Å². The van der Waals surface area contributed by atoms with E-state index in [1.165, 1.54) is 10.4 Å². The van der Waals surface area contributed by atoms with Gasteiger partial charge in [-0.2, -0.15) is 4.31 Å². The van der Waals surface area contributed by atoms with Gasteiger partial charge in [-0.3, -0.25) is 4.79 Å². The zero-order valence-corrected chi connectivity index (χ0v) is 13.4. The number of nitrogens with two attached hydrogens (primary N) is 1. The third-order valence-electron chi connectivity index (χ3n) is 3.55. The van der Waals surface area contributed by atoms with Gasteiger partial charge in [-0.15, -0.1) is 11.3 Å². The van der Waals surface area contributed by atoms with E-state index in [4.69, 9.17) is 17.3 Å². The van der Waals surface area contributed by atoms with Crippen molar-refractivity contribution in [2.45, 2.75) is 17.2 Å². The van der Waals surface area contributed by atoms with E-state index in [1.807, 2.05) is 0 Å². The average molecular weight is 339 g/mol. The minimum Gasteiger partial charge on any atom is -0.365 e. The highest BCUT2D eigenvalue weighted by Crippen LogP contribution is 2.27. The van der Waals surface area contributed by atoms with Gasteiger partial charge in [0.2, 0.25) is 0 Å². The van der Waals surface area contributed by atoms with Crippen LogP contribution < -0.4 is 10.6 Å². The largest absolute Gasteiger partial charge is 0.365 e. The van der Waals surface area contributed by atoms with E-state index in [0.29, 0.717) is 30.5 Å². The summed E-state index contributed by atoms with van der Waals surface area (Å²) in [5.74, 6) is -0.360. The lowest BCUT2D eigenvalue weighted by Crippen LogP contribution is -3.19. The Balaban J connectivity index is 2.05. The standard InChI is InChI=1S/C11H16ClN3O3S2/c1-8(11(13)16)14-4-6-15(7-5-14)20(17,18)10-3-2-9(12)19-10/h2-3,8H,4-7H2,1H3,(H2,13,16)/p+1/t8-/m0/s1. The summed E-state index contributed by atoms with van der Waals surface area (Å²) in [4.78, 5) is 12.2. The average Bonchev–Trinajstić information content (AvgIpc) is 2.85. The highest BCUT2D eigenvalue weighted by Gasteiger charge is 2.34. The number of hydrogen-bond acceptors (Lipinski definition) is 4. The van der Waals surface area contributed by atoms with Gasteiger partial charge in [0.1, 0.15) is 4.21 Å². The van der Waals surface area contributed by atoms with E-state index in [0.717, 1.165) is 16.2 Å². The first-order valence-corrected chi connectivity index (χ1v) is 8.85. The lowest BCUT2D eigenvalue weighted by Gasteiger charge is -2.33. The molecule has 0 saturated carbocycles. The minimum atomic E-state index is -3.47. The number of halogens is 1. The lowest BCUT2D eigenvalue weighted by atomic mass is 10.2. The maximum absolute atomic E-state index is 12.4. The van der Waals surface area contributed by atoms with Gasteiger partial charge in [-0.05, 0) is 19.1 Å². The normalized spacial score (nSPS) is 19.9. The molecule has 6 nitrogen and oxygen atoms in total. The molecule has 0 aliphatic carbocycles. The van der Waals surface area contributed by atoms with Crippen LogP contribution in [0.15, 0.2) is 16.3 Å². The Kier molecular flexibility index (Phi) is 4.70. The molecular formula is C11H17ClN3O3S2+. The number of amides is 1. The van der Waals surface area contributed by atoms with Gasteiger partial charge in [0.25, 0.3) is 15.9 Å². The highest BCUT2D eigenvalue weighted by molar-refractivity contribution is 7.91. The fourth-order valence-electron chi connectivity index (χ4n) is 2.21. The zero-order valence-electron chi connectivity index (χ0n) is 11.0. The molecule has 0 spiro atoms. The second kappa shape index (κ2) is 5.98. The molecule has 0 aromatic carbocycles. The van der Waals surface area contributed by atoms with Gasteiger partial charge in [0.05, 0.1) is 30.5 Å². The number of rotatable bonds is 4. The molecular weight excluding hydrogens is 322 g/mol. The van der Waals surface area contributed by atoms with Crippen molar-refractivity contribution >= 4 is 38.9 Å². The predicted molar refractivity (Wildman–Crippen MR) is 77.4 cm³/mol. The second-order valence-corrected chi connectivity index (χ2v) is 8.62. The predicted octanol–water partition coefficient (Wildman–Crippen LogP) is -0.835. The number of quaternary nitrogens is 1. The van der Waals surface area contributed by atoms with E-state index in [-0.39, 0.29) is 16.2 Å². The Labute approximate surface area is 127 Å². The summed E-state index contributed by atoms with van der Waals surface area (Å²) in [6, 6.07) is 2.81. The van der Waals surface area contributed by atoms with Crippen LogP contribution in [0.5, 0.6) is 0 Å². The highest BCUT2D eigenvalue weighted by atomic mass is 35.5. The van der Waals surface area contributed by atoms with Crippen molar-refractivity contribution < 1.29 is 18.1 Å². The number of sulfonamides is 1. The molecule has 1 aromatic heterocycles. The number of carbonyl (C=O) groups excluding carboxylic acids is 1. The smallest absolute Gasteiger partial charge is 0.275 e. The van der Waals surface area contributed by atoms with Crippen molar-refractivity contribution in [1.82, 2.24) is 4.31 Å². The molecule has 9 heteroatoms. The summed E-state index contributed by atoms with van der Waals surface area (Å²) in [5, 5.41) is 0. The Morgan fingerprint density at radius 3 is 2.50 bits per heavy atom. The number of thiophene rings is 1. The van der Waals surface area contributed by atoms with Crippen LogP contribution in [0.25, 0.3) is 0 Å². The van der Waals surface area contributed by atoms with Crippen LogP contribution in [0, 0.1) is 0 Å². The van der Waals surface area contributed by atoms with Crippen LogP contribution in [0.3, 0.4) is 0 Å². The summed E-state index contributed by atoms with van der Waals surface area (Å²) >= 11 is 6.84. The topological polar surface area (TPSA) is 84.9 Å². The number of nitrogens with one attached hydrogen (secondary N) is 1. The molecule has 0 unspecified atom stereocenters. The van der Waals surface area contributed by atoms with E-state index in [1.54, 1.807) is 13.0 Å². The number of hydrogen-bond donors (Lipinski definition) is 2. The molecule has 1 aliphatic heterocycles. The van der Waals surface area contributed by atoms with Gasteiger partial charge in [-0.1, -0.05) is 11.6 Å². The molecule has 1 amide bonds. The first-order chi connectivity index (χ1) is 9.32. The van der Waals surface area contributed by atoms with Crippen LogP contribution in [0.1, 0.15) is 6.92 Å². The maximum atomic E-state index is 12.4. The summed E-state index contributed by atoms with van der Waals surface area (Å²) < 4.78 is 26.9. The molecule has 2 rings (SSSR count). The van der Waals surface area contributed by atoms with Crippen molar-refractivity contribution in [3.63, 3.8) is 0 Å². The van der Waals surface area contributed by atoms with E-state index >= 15 is 0 Å².